The second-order valence-corrected chi connectivity index (χ2v) is 33.4. The highest BCUT2D eigenvalue weighted by Gasteiger charge is 2.18. The van der Waals surface area contributed by atoms with E-state index in [4.69, 9.17) is 131 Å². The van der Waals surface area contributed by atoms with Crippen molar-refractivity contribution in [2.75, 3.05) is 145 Å². The van der Waals surface area contributed by atoms with Gasteiger partial charge in [-0.05, 0) is 312 Å². The Bertz CT molecular complexity index is 5530. The SMILES string of the molecule is C.C=C(N)NCCCOc1cc(OCCCN=C(N)N)cc(-c2ccc3ccc(-c4cc(OCCCN=C(N)N)cc(OCCCN=C(N)N)c4)cc3c2)c1.CCCCOc1cc(OCCCN)cc(-c2cc(-c3ccccc3)cc(-c3cc(OCCCN)cc(OCCCN)c3)c2)c1.CCCCOc1cc(OCCCN)cc(-c2ccc3ccc(-c4cc(OCCCN)cc(OCCCN)c4)cc3c2)c1. The van der Waals surface area contributed by atoms with Crippen LogP contribution in [0.4, 0.5) is 0 Å². The molecule has 0 aliphatic rings. The molecule has 0 atom stereocenters. The van der Waals surface area contributed by atoms with Gasteiger partial charge in [0.15, 0.2) is 17.9 Å². The topological polar surface area (TPSA) is 498 Å². The van der Waals surface area contributed by atoms with Crippen LogP contribution in [-0.4, -0.2) is 163 Å². The molecule has 12 rings (SSSR count). The monoisotopic (exact) mass is 1920 g/mol. The van der Waals surface area contributed by atoms with Gasteiger partial charge in [0, 0.05) is 81.8 Å². The summed E-state index contributed by atoms with van der Waals surface area (Å²) in [7, 11) is 0. The van der Waals surface area contributed by atoms with Gasteiger partial charge in [-0.1, -0.05) is 120 Å². The normalized spacial score (nSPS) is 10.8. The Hall–Kier alpha value is -14.3. The molecule has 754 valence electrons. The van der Waals surface area contributed by atoms with E-state index in [1.807, 2.05) is 66.7 Å². The van der Waals surface area contributed by atoms with Crippen molar-refractivity contribution in [2.45, 2.75) is 111 Å². The van der Waals surface area contributed by atoms with E-state index in [-0.39, 0.29) is 25.3 Å². The lowest BCUT2D eigenvalue weighted by atomic mass is 9.93. The van der Waals surface area contributed by atoms with Gasteiger partial charge in [-0.3, -0.25) is 15.0 Å². The zero-order valence-electron chi connectivity index (χ0n) is 81.3. The van der Waals surface area contributed by atoms with Crippen molar-refractivity contribution in [3.8, 4) is 147 Å². The maximum absolute atomic E-state index is 6.15. The van der Waals surface area contributed by atoms with Gasteiger partial charge in [0.2, 0.25) is 0 Å². The number of nitrogens with zero attached hydrogens (tertiary/aromatic N) is 3. The molecule has 12 aromatic carbocycles. The number of guanidine groups is 3. The Morgan fingerprint density at radius 2 is 0.433 bits per heavy atom. The fraction of sp³-hybridized carbons (Fsp3) is 0.348. The van der Waals surface area contributed by atoms with Crippen molar-refractivity contribution in [3.05, 3.63) is 243 Å². The number of benzene rings is 12. The number of rotatable bonds is 60. The minimum Gasteiger partial charge on any atom is -0.493 e. The highest BCUT2D eigenvalue weighted by molar-refractivity contribution is 5.93. The largest absolute Gasteiger partial charge is 0.493 e. The molecular formula is C112H149N17O12. The number of nitrogens with one attached hydrogen (secondary N) is 1. The number of unbranched alkanes of at least 4 members (excludes halogenated alkanes) is 2. The first kappa shape index (κ1) is 110. The molecule has 12 aromatic rings. The molecule has 0 aliphatic carbocycles. The zero-order chi connectivity index (χ0) is 99.3. The van der Waals surface area contributed by atoms with Crippen molar-refractivity contribution in [2.24, 2.45) is 89.5 Å². The van der Waals surface area contributed by atoms with E-state index in [9.17, 15) is 0 Å². The molecule has 0 saturated carbocycles. The lowest BCUT2D eigenvalue weighted by Gasteiger charge is -2.16. The summed E-state index contributed by atoms with van der Waals surface area (Å²) in [5.41, 5.74) is 87.0. The van der Waals surface area contributed by atoms with Crippen LogP contribution in [0.25, 0.3) is 99.4 Å². The van der Waals surface area contributed by atoms with Crippen LogP contribution in [0.1, 0.15) is 111 Å². The van der Waals surface area contributed by atoms with Gasteiger partial charge in [-0.2, -0.15) is 0 Å². The van der Waals surface area contributed by atoms with Gasteiger partial charge < -0.3 is 137 Å². The van der Waals surface area contributed by atoms with Crippen LogP contribution >= 0.6 is 0 Å². The second kappa shape index (κ2) is 61.9. The van der Waals surface area contributed by atoms with Crippen LogP contribution in [0.3, 0.4) is 0 Å². The first-order valence-corrected chi connectivity index (χ1v) is 48.6. The van der Waals surface area contributed by atoms with Crippen LogP contribution in [0.2, 0.25) is 0 Å². The van der Waals surface area contributed by atoms with Crippen molar-refractivity contribution in [1.29, 1.82) is 0 Å². The van der Waals surface area contributed by atoms with Gasteiger partial charge in [-0.25, -0.2) is 0 Å². The van der Waals surface area contributed by atoms with E-state index >= 15 is 0 Å². The summed E-state index contributed by atoms with van der Waals surface area (Å²) in [5.74, 6) is 9.44. The first-order chi connectivity index (χ1) is 68.3. The van der Waals surface area contributed by atoms with Crippen molar-refractivity contribution >= 4 is 39.4 Å². The van der Waals surface area contributed by atoms with E-state index < -0.39 is 0 Å². The Kier molecular flexibility index (Phi) is 48.4. The summed E-state index contributed by atoms with van der Waals surface area (Å²) in [6, 6.07) is 78.8. The lowest BCUT2D eigenvalue weighted by molar-refractivity contribution is 0.296. The molecular weight excluding hydrogens is 1780 g/mol. The highest BCUT2D eigenvalue weighted by Crippen LogP contribution is 2.42. The van der Waals surface area contributed by atoms with E-state index in [1.165, 1.54) is 0 Å². The summed E-state index contributed by atoms with van der Waals surface area (Å²) < 4.78 is 72.9. The number of ether oxygens (including phenoxy) is 12. The molecule has 0 aliphatic heterocycles. The minimum atomic E-state index is 0. The molecule has 141 heavy (non-hydrogen) atoms. The summed E-state index contributed by atoms with van der Waals surface area (Å²) in [5, 5.41) is 7.44. The van der Waals surface area contributed by atoms with Crippen LogP contribution in [0.5, 0.6) is 69.0 Å². The predicted molar refractivity (Wildman–Crippen MR) is 579 cm³/mol. The summed E-state index contributed by atoms with van der Waals surface area (Å²) in [6.07, 6.45) is 11.5. The maximum atomic E-state index is 6.15. The third-order valence-electron chi connectivity index (χ3n) is 21.8. The Labute approximate surface area is 832 Å². The minimum absolute atomic E-state index is 0. The van der Waals surface area contributed by atoms with E-state index in [0.717, 1.165) is 216 Å². The molecule has 0 aromatic heterocycles. The van der Waals surface area contributed by atoms with Crippen LogP contribution < -0.4 is 137 Å². The number of nitrogens with two attached hydrogens (primary N) is 13. The quantitative estimate of drug-likeness (QED) is 0.00956. The van der Waals surface area contributed by atoms with E-state index in [0.29, 0.717) is 193 Å². The number of fused-ring (bicyclic) bond motifs is 2. The standard InChI is InChI=1S/C39H53N11O4.C37H47N3O4.C35H45N3O4.CH4/c1-26(40)47-10-2-14-51-33-20-31(21-34(24-33)52-15-3-11-48-37(41)42)28-8-6-27-7-9-29(19-30(27)18-28)32-22-35(53-16-4-12-49-38(43)44)25-36(23-32)54-17-5-13-50-39(45)46;1-2-3-15-41-34-22-32(23-35(26-34)42-16-7-12-38)30-19-29(28-10-5-4-6-11-28)20-31(21-30)33-24-36(43-17-8-13-39)27-37(25-33)44-18-9-14-40;1-2-3-14-39-32-20-30(21-33(24-32)40-15-4-11-36)27-9-7-26-8-10-28(19-29(26)18-27)31-22-34(41-16-5-12-37)25-35(23-31)42-17-6-13-38;/h6-9,18-25,47H,1-5,10-17,40H2,(H4,41,42,48)(H4,43,44,49)(H4,45,46,50);4-6,10-11,19-27H,2-3,7-9,12-18,38-40H2,1H3;7-10,18-25H,2-6,11-17,36-38H2,1H3;1H4. The van der Waals surface area contributed by atoms with Gasteiger partial charge >= 0.3 is 0 Å². The third kappa shape index (κ3) is 39.1. The van der Waals surface area contributed by atoms with Crippen LogP contribution in [0.15, 0.2) is 258 Å². The third-order valence-corrected chi connectivity index (χ3v) is 21.8. The number of hydrogen-bond acceptors (Lipinski definition) is 23. The molecule has 0 amide bonds. The molecule has 0 bridgehead atoms. The second-order valence-electron chi connectivity index (χ2n) is 33.4. The molecule has 0 unspecified atom stereocenters. The van der Waals surface area contributed by atoms with Gasteiger partial charge in [-0.15, -0.1) is 0 Å². The smallest absolute Gasteiger partial charge is 0.185 e. The highest BCUT2D eigenvalue weighted by atomic mass is 16.5. The molecule has 0 fully saturated rings. The fourth-order valence-corrected chi connectivity index (χ4v) is 14.6. The molecule has 27 N–H and O–H groups in total. The average Bonchev–Trinajstić information content (AvgIpc) is 0.804. The molecule has 0 radical (unpaired) electrons. The average molecular weight is 1930 g/mol. The van der Waals surface area contributed by atoms with E-state index in [1.54, 1.807) is 0 Å². The molecule has 29 heteroatoms. The molecule has 0 spiro atoms. The Morgan fingerprint density at radius 3 is 0.652 bits per heavy atom. The molecule has 29 nitrogen and oxygen atoms in total. The van der Waals surface area contributed by atoms with Crippen molar-refractivity contribution in [1.82, 2.24) is 5.32 Å². The number of aliphatic imine (C=N–C) groups is 3. The Morgan fingerprint density at radius 1 is 0.227 bits per heavy atom. The van der Waals surface area contributed by atoms with Crippen LogP contribution in [0, 0.1) is 0 Å². The lowest BCUT2D eigenvalue weighted by Crippen LogP contribution is -2.23. The first-order valence-electron chi connectivity index (χ1n) is 48.6. The van der Waals surface area contributed by atoms with Gasteiger partial charge in [0.1, 0.15) is 69.0 Å². The maximum Gasteiger partial charge on any atom is 0.185 e. The van der Waals surface area contributed by atoms with E-state index in [2.05, 4.69) is 205 Å². The summed E-state index contributed by atoms with van der Waals surface area (Å²) >= 11 is 0. The Balaban J connectivity index is 0.000000238. The van der Waals surface area contributed by atoms with Gasteiger partial charge in [0.25, 0.3) is 0 Å². The summed E-state index contributed by atoms with van der Waals surface area (Å²) in [4.78, 5) is 12.1. The molecule has 0 saturated heterocycles. The summed E-state index contributed by atoms with van der Waals surface area (Å²) in [6.45, 7) is 19.9. The number of hydrogen-bond donors (Lipinski definition) is 14. The molecule has 0 heterocycles. The van der Waals surface area contributed by atoms with Gasteiger partial charge in [0.05, 0.1) is 85.1 Å². The zero-order valence-corrected chi connectivity index (χ0v) is 81.3. The van der Waals surface area contributed by atoms with Crippen LogP contribution in [-0.2, 0) is 0 Å². The van der Waals surface area contributed by atoms with Crippen molar-refractivity contribution < 1.29 is 56.8 Å². The van der Waals surface area contributed by atoms with Crippen molar-refractivity contribution in [3.63, 3.8) is 0 Å². The predicted octanol–water partition coefficient (Wildman–Crippen LogP) is 17.3. The fourth-order valence-electron chi connectivity index (χ4n) is 14.6.